The van der Waals surface area contributed by atoms with Crippen LogP contribution in [0.15, 0.2) is 60.7 Å². The molecule has 152 valence electrons. The molecule has 9 heteroatoms. The lowest BCUT2D eigenvalue weighted by Gasteiger charge is -2.21. The molecule has 0 saturated carbocycles. The molecule has 1 aromatic heterocycles. The summed E-state index contributed by atoms with van der Waals surface area (Å²) in [5.41, 5.74) is 1.58. The maximum absolute atomic E-state index is 15.3. The maximum atomic E-state index is 15.3. The van der Waals surface area contributed by atoms with E-state index in [1.165, 1.54) is 4.57 Å². The van der Waals surface area contributed by atoms with Gasteiger partial charge in [-0.05, 0) is 6.26 Å². The van der Waals surface area contributed by atoms with Crippen molar-refractivity contribution >= 4 is 51.4 Å². The molecule has 0 aliphatic rings. The summed E-state index contributed by atoms with van der Waals surface area (Å²) in [7, 11) is 1.60. The highest BCUT2D eigenvalue weighted by molar-refractivity contribution is 8.23. The van der Waals surface area contributed by atoms with Crippen LogP contribution in [0.5, 0.6) is 0 Å². The van der Waals surface area contributed by atoms with E-state index < -0.39 is 10.6 Å². The molecule has 0 unspecified atom stereocenters. The van der Waals surface area contributed by atoms with Gasteiger partial charge in [0.05, 0.1) is 7.05 Å². The Labute approximate surface area is 186 Å². The Balaban J connectivity index is 2.53. The van der Waals surface area contributed by atoms with Crippen molar-refractivity contribution in [1.82, 2.24) is 4.57 Å². The van der Waals surface area contributed by atoms with Crippen LogP contribution in [-0.4, -0.2) is 19.6 Å². The first-order valence-electron chi connectivity index (χ1n) is 8.40. The lowest BCUT2D eigenvalue weighted by atomic mass is 10.0. The topological polar surface area (TPSA) is 8.81 Å². The molecule has 3 rings (SSSR count). The second-order valence-electron chi connectivity index (χ2n) is 6.18. The third-order valence-electron chi connectivity index (χ3n) is 4.40. The standard InChI is InChI=1S/C20H16Cl2F3N2S2/c1-26-15(13-9-5-3-6-10-13)16(14-11-7-4-8-12-14)27(17(26)18(28)29-2)20(24,25)19(21,22)23/h3-12H,1-2H3/q+1. The fraction of sp³-hybridized carbons (Fsp3) is 0.200. The van der Waals surface area contributed by atoms with Gasteiger partial charge >= 0.3 is 16.5 Å². The number of imidazole rings is 1. The number of hydrogen-bond donors (Lipinski definition) is 0. The van der Waals surface area contributed by atoms with Gasteiger partial charge in [0.15, 0.2) is 15.6 Å². The molecular weight excluding hydrogens is 460 g/mol. The average Bonchev–Trinajstić information content (AvgIpc) is 3.01. The molecule has 0 spiro atoms. The first-order chi connectivity index (χ1) is 13.6. The number of benzene rings is 2. The van der Waals surface area contributed by atoms with Gasteiger partial charge in [0.25, 0.3) is 0 Å². The Kier molecular flexibility index (Phi) is 6.34. The smallest absolute Gasteiger partial charge is 0.224 e. The van der Waals surface area contributed by atoms with E-state index in [0.717, 1.165) is 11.8 Å². The largest absolute Gasteiger partial charge is 0.462 e. The Morgan fingerprint density at radius 2 is 1.45 bits per heavy atom. The molecule has 2 aromatic carbocycles. The van der Waals surface area contributed by atoms with Crippen LogP contribution >= 0.6 is 47.2 Å². The Morgan fingerprint density at radius 3 is 1.90 bits per heavy atom. The molecule has 0 radical (unpaired) electrons. The lowest BCUT2D eigenvalue weighted by molar-refractivity contribution is -0.661. The predicted molar refractivity (Wildman–Crippen MR) is 117 cm³/mol. The highest BCUT2D eigenvalue weighted by Crippen LogP contribution is 2.48. The van der Waals surface area contributed by atoms with E-state index in [9.17, 15) is 4.39 Å². The summed E-state index contributed by atoms with van der Waals surface area (Å²) in [5, 5.41) is 0. The monoisotopic (exact) mass is 475 g/mol. The summed E-state index contributed by atoms with van der Waals surface area (Å²) in [6.45, 7) is 0. The van der Waals surface area contributed by atoms with Gasteiger partial charge in [-0.15, -0.1) is 11.8 Å². The van der Waals surface area contributed by atoms with Crippen LogP contribution in [0.3, 0.4) is 0 Å². The maximum Gasteiger partial charge on any atom is 0.462 e. The van der Waals surface area contributed by atoms with Crippen molar-refractivity contribution in [2.45, 2.75) is 10.6 Å². The molecule has 0 amide bonds. The normalized spacial score (nSPS) is 12.2. The summed E-state index contributed by atoms with van der Waals surface area (Å²) in [6, 6.07) is 13.1. The van der Waals surface area contributed by atoms with Crippen LogP contribution in [-0.2, 0) is 13.1 Å². The van der Waals surface area contributed by atoms with E-state index in [1.807, 2.05) is 6.07 Å². The molecule has 1 heterocycles. The van der Waals surface area contributed by atoms with Gasteiger partial charge in [-0.25, -0.2) is 4.57 Å². The highest BCUT2D eigenvalue weighted by atomic mass is 35.5. The van der Waals surface area contributed by atoms with Gasteiger partial charge < -0.3 is 0 Å². The molecule has 0 atom stereocenters. The quantitative estimate of drug-likeness (QED) is 0.242. The summed E-state index contributed by atoms with van der Waals surface area (Å²) in [4.78, 5) is 0. The van der Waals surface area contributed by atoms with E-state index in [0.29, 0.717) is 21.4 Å². The van der Waals surface area contributed by atoms with Gasteiger partial charge in [-0.3, -0.25) is 0 Å². The fourth-order valence-electron chi connectivity index (χ4n) is 3.13. The zero-order valence-corrected chi connectivity index (χ0v) is 18.5. The van der Waals surface area contributed by atoms with Crippen molar-refractivity contribution in [3.05, 3.63) is 66.5 Å². The molecule has 0 fully saturated rings. The molecule has 0 aliphatic carbocycles. The van der Waals surface area contributed by atoms with Gasteiger partial charge in [0.2, 0.25) is 0 Å². The van der Waals surface area contributed by atoms with Gasteiger partial charge in [0.1, 0.15) is 0 Å². The first kappa shape index (κ1) is 22.2. The summed E-state index contributed by atoms with van der Waals surface area (Å²) in [5.74, 6) is -0.0708. The van der Waals surface area contributed by atoms with Gasteiger partial charge in [-0.1, -0.05) is 96.1 Å². The van der Waals surface area contributed by atoms with Crippen LogP contribution in [0.2, 0.25) is 0 Å². The van der Waals surface area contributed by atoms with Crippen LogP contribution in [0.1, 0.15) is 5.82 Å². The summed E-state index contributed by atoms with van der Waals surface area (Å²) < 4.78 is 43.3. The van der Waals surface area contributed by atoms with E-state index in [-0.39, 0.29) is 15.7 Å². The molecule has 29 heavy (non-hydrogen) atoms. The van der Waals surface area contributed by atoms with Gasteiger partial charge in [0, 0.05) is 11.1 Å². The molecular formula is C20H16Cl2F3N2S2+. The lowest BCUT2D eigenvalue weighted by Crippen LogP contribution is -2.44. The Morgan fingerprint density at radius 1 is 0.966 bits per heavy atom. The number of aromatic nitrogens is 2. The molecule has 0 N–H and O–H groups in total. The number of alkyl halides is 5. The summed E-state index contributed by atoms with van der Waals surface area (Å²) >= 11 is 17.1. The number of hydrogen-bond acceptors (Lipinski definition) is 2. The summed E-state index contributed by atoms with van der Waals surface area (Å²) in [6.07, 6.45) is 1.66. The second-order valence-corrected chi connectivity index (χ2v) is 8.90. The van der Waals surface area contributed by atoms with Crippen molar-refractivity contribution in [2.75, 3.05) is 6.26 Å². The minimum Gasteiger partial charge on any atom is -0.224 e. The van der Waals surface area contributed by atoms with E-state index in [4.69, 9.17) is 35.4 Å². The Bertz CT molecular complexity index is 1030. The number of thioether (sulfide) groups is 1. The van der Waals surface area contributed by atoms with E-state index >= 15 is 8.78 Å². The number of nitrogens with zero attached hydrogens (tertiary/aromatic N) is 2. The van der Waals surface area contributed by atoms with Gasteiger partial charge in [-0.2, -0.15) is 17.7 Å². The minimum absolute atomic E-state index is 0.0547. The number of thiocarbonyl (C=S) groups is 1. The first-order valence-corrected chi connectivity index (χ1v) is 10.8. The molecule has 0 bridgehead atoms. The minimum atomic E-state index is -4.30. The predicted octanol–water partition coefficient (Wildman–Crippen LogP) is 6.34. The second kappa shape index (κ2) is 8.30. The van der Waals surface area contributed by atoms with Crippen molar-refractivity contribution in [2.24, 2.45) is 7.05 Å². The van der Waals surface area contributed by atoms with Crippen LogP contribution < -0.4 is 4.57 Å². The number of rotatable bonds is 5. The SMILES string of the molecule is CSC(=S)c1n(C(F)(F)C(F)(Cl)Cl)c(-c2ccccc2)c(-c2ccccc2)[n+]1C. The highest BCUT2D eigenvalue weighted by Gasteiger charge is 2.63. The Hall–Kier alpha value is -1.54. The van der Waals surface area contributed by atoms with E-state index in [2.05, 4.69) is 0 Å². The third-order valence-corrected chi connectivity index (χ3v) is 6.09. The van der Waals surface area contributed by atoms with Crippen molar-refractivity contribution in [3.63, 3.8) is 0 Å². The molecule has 3 aromatic rings. The van der Waals surface area contributed by atoms with Crippen molar-refractivity contribution < 1.29 is 17.7 Å². The molecule has 2 nitrogen and oxygen atoms in total. The van der Waals surface area contributed by atoms with Crippen LogP contribution in [0.25, 0.3) is 22.5 Å². The fourth-order valence-corrected chi connectivity index (χ4v) is 3.94. The van der Waals surface area contributed by atoms with E-state index in [1.54, 1.807) is 67.9 Å². The third kappa shape index (κ3) is 3.93. The average molecular weight is 476 g/mol. The molecule has 0 saturated heterocycles. The number of halogens is 5. The van der Waals surface area contributed by atoms with Crippen LogP contribution in [0, 0.1) is 0 Å². The molecule has 0 aliphatic heterocycles. The van der Waals surface area contributed by atoms with Crippen molar-refractivity contribution in [3.8, 4) is 22.5 Å². The van der Waals surface area contributed by atoms with Crippen LogP contribution in [0.4, 0.5) is 13.2 Å². The zero-order valence-electron chi connectivity index (χ0n) is 15.4. The van der Waals surface area contributed by atoms with Crippen molar-refractivity contribution in [1.29, 1.82) is 0 Å². The zero-order chi connectivity index (χ0) is 21.4.